The molecule has 19 heavy (non-hydrogen) atoms. The van der Waals surface area contributed by atoms with Gasteiger partial charge in [-0.3, -0.25) is 4.98 Å². The molecule has 0 saturated carbocycles. The van der Waals surface area contributed by atoms with E-state index in [2.05, 4.69) is 16.4 Å². The van der Waals surface area contributed by atoms with Gasteiger partial charge in [0, 0.05) is 41.2 Å². The summed E-state index contributed by atoms with van der Waals surface area (Å²) in [5.41, 5.74) is 1.19. The molecule has 1 heterocycles. The van der Waals surface area contributed by atoms with E-state index in [0.29, 0.717) is 0 Å². The normalized spacial score (nSPS) is 10.6. The summed E-state index contributed by atoms with van der Waals surface area (Å²) in [6, 6.07) is 9.53. The molecule has 2 nitrogen and oxygen atoms in total. The molecule has 1 N–H and O–H groups in total. The van der Waals surface area contributed by atoms with Crippen molar-refractivity contribution >= 4 is 35.0 Å². The van der Waals surface area contributed by atoms with E-state index in [4.69, 9.17) is 23.2 Å². The zero-order valence-corrected chi connectivity index (χ0v) is 12.6. The average Bonchev–Trinajstić information content (AvgIpc) is 2.43. The molecule has 2 aromatic rings. The topological polar surface area (TPSA) is 24.9 Å². The molecule has 0 bridgehead atoms. The van der Waals surface area contributed by atoms with Crippen LogP contribution in [0.25, 0.3) is 0 Å². The molecule has 0 atom stereocenters. The molecule has 0 aliphatic carbocycles. The molecule has 0 saturated heterocycles. The van der Waals surface area contributed by atoms with Crippen molar-refractivity contribution in [1.29, 1.82) is 0 Å². The number of nitrogens with one attached hydrogen (secondary N) is 1. The van der Waals surface area contributed by atoms with Crippen LogP contribution in [-0.4, -0.2) is 17.3 Å². The molecule has 1 aromatic carbocycles. The lowest BCUT2D eigenvalue weighted by molar-refractivity contribution is 0.729. The maximum Gasteiger partial charge on any atom is 0.0542 e. The highest BCUT2D eigenvalue weighted by molar-refractivity contribution is 7.99. The third-order valence-corrected chi connectivity index (χ3v) is 4.22. The summed E-state index contributed by atoms with van der Waals surface area (Å²) in [4.78, 5) is 5.10. The Morgan fingerprint density at radius 2 is 2.11 bits per heavy atom. The van der Waals surface area contributed by atoms with Crippen LogP contribution in [0.3, 0.4) is 0 Å². The van der Waals surface area contributed by atoms with Crippen LogP contribution in [0.1, 0.15) is 5.56 Å². The van der Waals surface area contributed by atoms with Crippen LogP contribution in [0.4, 0.5) is 0 Å². The second kappa shape index (κ2) is 7.75. The second-order valence-electron chi connectivity index (χ2n) is 3.96. The van der Waals surface area contributed by atoms with Crippen LogP contribution in [0.2, 0.25) is 10.0 Å². The van der Waals surface area contributed by atoms with Crippen molar-refractivity contribution < 1.29 is 0 Å². The van der Waals surface area contributed by atoms with Crippen molar-refractivity contribution in [3.05, 3.63) is 58.3 Å². The molecule has 0 spiro atoms. The predicted molar refractivity (Wildman–Crippen MR) is 83.1 cm³/mol. The first-order chi connectivity index (χ1) is 9.25. The molecule has 0 fully saturated rings. The Bertz CT molecular complexity index is 520. The fraction of sp³-hybridized carbons (Fsp3) is 0.214. The second-order valence-corrected chi connectivity index (χ2v) is 5.94. The summed E-state index contributed by atoms with van der Waals surface area (Å²) in [5.74, 6) is 0.945. The zero-order chi connectivity index (χ0) is 13.5. The first-order valence-corrected chi connectivity index (χ1v) is 7.67. The number of rotatable bonds is 6. The number of nitrogens with zero attached hydrogens (tertiary/aromatic N) is 1. The van der Waals surface area contributed by atoms with E-state index < -0.39 is 0 Å². The SMILES string of the molecule is Clc1ccc(Cl)c(SCCNCc2cccnc2)c1. The fourth-order valence-electron chi connectivity index (χ4n) is 1.56. The van der Waals surface area contributed by atoms with Crippen molar-refractivity contribution in [2.45, 2.75) is 11.4 Å². The molecule has 5 heteroatoms. The first-order valence-electron chi connectivity index (χ1n) is 5.93. The molecule has 0 aliphatic rings. The third kappa shape index (κ3) is 5.03. The highest BCUT2D eigenvalue weighted by Gasteiger charge is 2.01. The zero-order valence-electron chi connectivity index (χ0n) is 10.3. The van der Waals surface area contributed by atoms with Crippen LogP contribution >= 0.6 is 35.0 Å². The van der Waals surface area contributed by atoms with Crippen LogP contribution in [0.5, 0.6) is 0 Å². The van der Waals surface area contributed by atoms with Crippen LogP contribution in [-0.2, 0) is 6.54 Å². The number of hydrogen-bond donors (Lipinski definition) is 1. The Labute approximate surface area is 127 Å². The van der Waals surface area contributed by atoms with Gasteiger partial charge < -0.3 is 5.32 Å². The van der Waals surface area contributed by atoms with Crippen LogP contribution in [0.15, 0.2) is 47.6 Å². The van der Waals surface area contributed by atoms with E-state index in [-0.39, 0.29) is 0 Å². The number of pyridine rings is 1. The van der Waals surface area contributed by atoms with Gasteiger partial charge in [-0.15, -0.1) is 11.8 Å². The van der Waals surface area contributed by atoms with E-state index in [0.717, 1.165) is 33.8 Å². The molecular weight excluding hydrogens is 299 g/mol. The fourth-order valence-corrected chi connectivity index (χ4v) is 2.96. The number of thioether (sulfide) groups is 1. The van der Waals surface area contributed by atoms with Gasteiger partial charge in [0.15, 0.2) is 0 Å². The molecular formula is C14H14Cl2N2S. The Hall–Kier alpha value is -0.740. The minimum Gasteiger partial charge on any atom is -0.312 e. The average molecular weight is 313 g/mol. The van der Waals surface area contributed by atoms with Crippen molar-refractivity contribution in [3.8, 4) is 0 Å². The van der Waals surface area contributed by atoms with Crippen LogP contribution < -0.4 is 5.32 Å². The van der Waals surface area contributed by atoms with E-state index in [1.807, 2.05) is 24.4 Å². The minimum absolute atomic E-state index is 0.718. The highest BCUT2D eigenvalue weighted by Crippen LogP contribution is 2.29. The molecule has 1 aromatic heterocycles. The number of aromatic nitrogens is 1. The summed E-state index contributed by atoms with van der Waals surface area (Å²) >= 11 is 13.7. The highest BCUT2D eigenvalue weighted by atomic mass is 35.5. The third-order valence-electron chi connectivity index (χ3n) is 2.48. The van der Waals surface area contributed by atoms with Gasteiger partial charge in [0.25, 0.3) is 0 Å². The summed E-state index contributed by atoms with van der Waals surface area (Å²) < 4.78 is 0. The van der Waals surface area contributed by atoms with Gasteiger partial charge in [-0.25, -0.2) is 0 Å². The standard InChI is InChI=1S/C14H14Cl2N2S/c15-12-3-4-13(16)14(8-12)19-7-6-18-10-11-2-1-5-17-9-11/h1-5,8-9,18H,6-7,10H2. The summed E-state index contributed by atoms with van der Waals surface area (Å²) in [6.07, 6.45) is 3.65. The lowest BCUT2D eigenvalue weighted by Gasteiger charge is -2.06. The van der Waals surface area contributed by atoms with Gasteiger partial charge in [0.1, 0.15) is 0 Å². The molecule has 2 rings (SSSR count). The number of halogens is 2. The molecule has 0 amide bonds. The van der Waals surface area contributed by atoms with Crippen molar-refractivity contribution in [3.63, 3.8) is 0 Å². The lowest BCUT2D eigenvalue weighted by atomic mass is 10.3. The predicted octanol–water partition coefficient (Wildman–Crippen LogP) is 4.27. The Kier molecular flexibility index (Phi) is 5.98. The van der Waals surface area contributed by atoms with E-state index in [1.165, 1.54) is 5.56 Å². The maximum atomic E-state index is 6.10. The molecule has 0 radical (unpaired) electrons. The molecule has 100 valence electrons. The monoisotopic (exact) mass is 312 g/mol. The molecule has 0 unspecified atom stereocenters. The lowest BCUT2D eigenvalue weighted by Crippen LogP contribution is -2.16. The maximum absolute atomic E-state index is 6.10. The van der Waals surface area contributed by atoms with Gasteiger partial charge >= 0.3 is 0 Å². The summed E-state index contributed by atoms with van der Waals surface area (Å²) in [6.45, 7) is 1.74. The number of benzene rings is 1. The Balaban J connectivity index is 1.71. The van der Waals surface area contributed by atoms with Crippen molar-refractivity contribution in [2.75, 3.05) is 12.3 Å². The minimum atomic E-state index is 0.718. The van der Waals surface area contributed by atoms with Gasteiger partial charge in [-0.2, -0.15) is 0 Å². The van der Waals surface area contributed by atoms with Crippen molar-refractivity contribution in [2.24, 2.45) is 0 Å². The molecule has 0 aliphatic heterocycles. The Morgan fingerprint density at radius 1 is 1.21 bits per heavy atom. The van der Waals surface area contributed by atoms with E-state index >= 15 is 0 Å². The van der Waals surface area contributed by atoms with E-state index in [1.54, 1.807) is 24.0 Å². The van der Waals surface area contributed by atoms with E-state index in [9.17, 15) is 0 Å². The van der Waals surface area contributed by atoms with Gasteiger partial charge in [0.2, 0.25) is 0 Å². The van der Waals surface area contributed by atoms with Gasteiger partial charge in [0.05, 0.1) is 5.02 Å². The number of hydrogen-bond acceptors (Lipinski definition) is 3. The van der Waals surface area contributed by atoms with Crippen LogP contribution in [0, 0.1) is 0 Å². The summed E-state index contributed by atoms with van der Waals surface area (Å²) in [7, 11) is 0. The van der Waals surface area contributed by atoms with Gasteiger partial charge in [-0.1, -0.05) is 29.3 Å². The quantitative estimate of drug-likeness (QED) is 0.637. The smallest absolute Gasteiger partial charge is 0.0542 e. The largest absolute Gasteiger partial charge is 0.312 e. The Morgan fingerprint density at radius 3 is 2.89 bits per heavy atom. The summed E-state index contributed by atoms with van der Waals surface area (Å²) in [5, 5.41) is 4.84. The first kappa shape index (κ1) is 14.7. The van der Waals surface area contributed by atoms with Gasteiger partial charge in [-0.05, 0) is 29.8 Å². The van der Waals surface area contributed by atoms with Crippen molar-refractivity contribution in [1.82, 2.24) is 10.3 Å².